The summed E-state index contributed by atoms with van der Waals surface area (Å²) >= 11 is 0. The van der Waals surface area contributed by atoms with Crippen LogP contribution in [0.15, 0.2) is 66.7 Å². The molecule has 10 heteroatoms. The second kappa shape index (κ2) is 12.9. The van der Waals surface area contributed by atoms with Gasteiger partial charge in [-0.25, -0.2) is 5.48 Å². The lowest BCUT2D eigenvalue weighted by Gasteiger charge is -2.19. The van der Waals surface area contributed by atoms with Crippen molar-refractivity contribution in [3.8, 4) is 11.5 Å². The van der Waals surface area contributed by atoms with Gasteiger partial charge in [-0.15, -0.1) is 0 Å². The maximum Gasteiger partial charge on any atom is 0.274 e. The van der Waals surface area contributed by atoms with Gasteiger partial charge in [0.25, 0.3) is 5.91 Å². The summed E-state index contributed by atoms with van der Waals surface area (Å²) in [6, 6.07) is 17.6. The number of methoxy groups -OCH3 is 2. The maximum atomic E-state index is 13.1. The van der Waals surface area contributed by atoms with Gasteiger partial charge in [0.15, 0.2) is 11.5 Å². The number of carbonyl (C=O) groups excluding carboxylic acids is 3. The van der Waals surface area contributed by atoms with Gasteiger partial charge in [-0.2, -0.15) is 0 Å². The lowest BCUT2D eigenvalue weighted by molar-refractivity contribution is -0.126. The Labute approximate surface area is 214 Å². The van der Waals surface area contributed by atoms with Gasteiger partial charge in [0, 0.05) is 29.8 Å². The average Bonchev–Trinajstić information content (AvgIpc) is 2.92. The molecule has 1 atom stereocenters. The molecule has 10 nitrogen and oxygen atoms in total. The number of aryl methyl sites for hydroxylation is 1. The third-order valence-corrected chi connectivity index (χ3v) is 5.68. The Kier molecular flexibility index (Phi) is 9.45. The number of anilines is 2. The van der Waals surface area contributed by atoms with E-state index in [4.69, 9.17) is 20.4 Å². The quantitative estimate of drug-likeness (QED) is 0.152. The molecular formula is C27H30N4O6. The summed E-state index contributed by atoms with van der Waals surface area (Å²) in [6.45, 7) is 0. The first-order chi connectivity index (χ1) is 17.8. The molecule has 0 saturated carbocycles. The molecule has 0 aromatic heterocycles. The predicted octanol–water partition coefficient (Wildman–Crippen LogP) is 2.70. The molecule has 3 aromatic carbocycles. The highest BCUT2D eigenvalue weighted by Gasteiger charge is 2.22. The molecule has 0 unspecified atom stereocenters. The molecule has 3 aromatic rings. The Hall–Kier alpha value is -4.57. The van der Waals surface area contributed by atoms with E-state index in [1.165, 1.54) is 24.3 Å². The molecular weight excluding hydrogens is 476 g/mol. The molecule has 37 heavy (non-hydrogen) atoms. The standard InChI is InChI=1S/C27H30N4O6/c1-36-23-13-5-18(16-24(23)37-2)6-14-25(32)30-22(15-17-3-9-20(28)10-4-17)27(34)29-21-11-7-19(8-12-21)26(33)31-35/h3-5,7-13,16,22,35H,6,14-15,28H2,1-2H3,(H,29,34)(H,30,32)(H,31,33)/t22-/m0/s1. The van der Waals surface area contributed by atoms with Crippen LogP contribution in [-0.4, -0.2) is 43.2 Å². The number of nitrogen functional groups attached to an aromatic ring is 1. The van der Waals surface area contributed by atoms with E-state index in [1.807, 2.05) is 12.1 Å². The number of nitrogens with one attached hydrogen (secondary N) is 3. The summed E-state index contributed by atoms with van der Waals surface area (Å²) in [6.07, 6.45) is 0.849. The van der Waals surface area contributed by atoms with Crippen molar-refractivity contribution >= 4 is 29.1 Å². The van der Waals surface area contributed by atoms with Gasteiger partial charge in [-0.05, 0) is 66.1 Å². The fourth-order valence-electron chi connectivity index (χ4n) is 3.66. The predicted molar refractivity (Wildman–Crippen MR) is 139 cm³/mol. The van der Waals surface area contributed by atoms with Crippen LogP contribution in [0.25, 0.3) is 0 Å². The fourth-order valence-corrected chi connectivity index (χ4v) is 3.66. The Morgan fingerprint density at radius 1 is 0.892 bits per heavy atom. The zero-order valence-electron chi connectivity index (χ0n) is 20.6. The molecule has 0 aliphatic rings. The van der Waals surface area contributed by atoms with Crippen molar-refractivity contribution in [1.29, 1.82) is 0 Å². The normalized spacial score (nSPS) is 11.2. The zero-order chi connectivity index (χ0) is 26.8. The minimum Gasteiger partial charge on any atom is -0.493 e. The van der Waals surface area contributed by atoms with Crippen molar-refractivity contribution in [1.82, 2.24) is 10.8 Å². The lowest BCUT2D eigenvalue weighted by atomic mass is 10.0. The number of carbonyl (C=O) groups is 3. The molecule has 0 heterocycles. The van der Waals surface area contributed by atoms with Crippen molar-refractivity contribution in [2.45, 2.75) is 25.3 Å². The highest BCUT2D eigenvalue weighted by molar-refractivity contribution is 5.98. The van der Waals surface area contributed by atoms with Gasteiger partial charge < -0.3 is 25.8 Å². The molecule has 0 spiro atoms. The monoisotopic (exact) mass is 506 g/mol. The van der Waals surface area contributed by atoms with Crippen LogP contribution in [0, 0.1) is 0 Å². The van der Waals surface area contributed by atoms with Gasteiger partial charge in [0.1, 0.15) is 6.04 Å². The lowest BCUT2D eigenvalue weighted by Crippen LogP contribution is -2.45. The highest BCUT2D eigenvalue weighted by Crippen LogP contribution is 2.28. The Balaban J connectivity index is 1.69. The van der Waals surface area contributed by atoms with Crippen LogP contribution in [-0.2, 0) is 22.4 Å². The van der Waals surface area contributed by atoms with Crippen LogP contribution < -0.4 is 31.3 Å². The SMILES string of the molecule is COc1ccc(CCC(=O)N[C@@H](Cc2ccc(N)cc2)C(=O)Nc2ccc(C(=O)NO)cc2)cc1OC. The number of nitrogens with two attached hydrogens (primary N) is 1. The fraction of sp³-hybridized carbons (Fsp3) is 0.222. The minimum atomic E-state index is -0.859. The summed E-state index contributed by atoms with van der Waals surface area (Å²) < 4.78 is 10.6. The van der Waals surface area contributed by atoms with Crippen molar-refractivity contribution in [2.75, 3.05) is 25.3 Å². The van der Waals surface area contributed by atoms with E-state index in [9.17, 15) is 14.4 Å². The number of benzene rings is 3. The third-order valence-electron chi connectivity index (χ3n) is 5.68. The Morgan fingerprint density at radius 3 is 2.16 bits per heavy atom. The van der Waals surface area contributed by atoms with Crippen LogP contribution in [0.1, 0.15) is 27.9 Å². The number of amides is 3. The number of rotatable bonds is 11. The molecule has 0 radical (unpaired) electrons. The molecule has 0 aliphatic carbocycles. The van der Waals surface area contributed by atoms with Crippen LogP contribution >= 0.6 is 0 Å². The molecule has 3 amide bonds. The highest BCUT2D eigenvalue weighted by atomic mass is 16.5. The summed E-state index contributed by atoms with van der Waals surface area (Å²) in [7, 11) is 3.10. The number of hydroxylamine groups is 1. The van der Waals surface area contributed by atoms with Gasteiger partial charge in [-0.1, -0.05) is 18.2 Å². The van der Waals surface area contributed by atoms with Crippen molar-refractivity contribution < 1.29 is 29.1 Å². The summed E-state index contributed by atoms with van der Waals surface area (Å²) in [5.41, 5.74) is 10.3. The van der Waals surface area contributed by atoms with E-state index in [1.54, 1.807) is 50.0 Å². The van der Waals surface area contributed by atoms with Crippen LogP contribution in [0.3, 0.4) is 0 Å². The summed E-state index contributed by atoms with van der Waals surface area (Å²) in [4.78, 5) is 37.5. The van der Waals surface area contributed by atoms with E-state index < -0.39 is 17.9 Å². The molecule has 0 saturated heterocycles. The molecule has 194 valence electrons. The first kappa shape index (κ1) is 27.0. The summed E-state index contributed by atoms with van der Waals surface area (Å²) in [5.74, 6) is -0.207. The van der Waals surface area contributed by atoms with Crippen molar-refractivity contribution in [3.63, 3.8) is 0 Å². The van der Waals surface area contributed by atoms with E-state index in [2.05, 4.69) is 10.6 Å². The first-order valence-corrected chi connectivity index (χ1v) is 11.5. The largest absolute Gasteiger partial charge is 0.493 e. The average molecular weight is 507 g/mol. The minimum absolute atomic E-state index is 0.159. The van der Waals surface area contributed by atoms with Gasteiger partial charge >= 0.3 is 0 Å². The van der Waals surface area contributed by atoms with Crippen molar-refractivity contribution in [3.05, 3.63) is 83.4 Å². The van der Waals surface area contributed by atoms with Gasteiger partial charge in [0.2, 0.25) is 11.8 Å². The van der Waals surface area contributed by atoms with Crippen LogP contribution in [0.5, 0.6) is 11.5 Å². The second-order valence-electron chi connectivity index (χ2n) is 8.26. The topological polar surface area (TPSA) is 152 Å². The number of hydrogen-bond acceptors (Lipinski definition) is 7. The first-order valence-electron chi connectivity index (χ1n) is 11.5. The van der Waals surface area contributed by atoms with Gasteiger partial charge in [-0.3, -0.25) is 19.6 Å². The second-order valence-corrected chi connectivity index (χ2v) is 8.26. The molecule has 6 N–H and O–H groups in total. The van der Waals surface area contributed by atoms with E-state index in [0.717, 1.165) is 11.1 Å². The van der Waals surface area contributed by atoms with E-state index in [-0.39, 0.29) is 24.3 Å². The molecule has 0 aliphatic heterocycles. The van der Waals surface area contributed by atoms with Crippen molar-refractivity contribution in [2.24, 2.45) is 0 Å². The number of hydrogen-bond donors (Lipinski definition) is 5. The number of ether oxygens (including phenoxy) is 2. The zero-order valence-corrected chi connectivity index (χ0v) is 20.6. The summed E-state index contributed by atoms with van der Waals surface area (Å²) in [5, 5.41) is 14.3. The van der Waals surface area contributed by atoms with Crippen LogP contribution in [0.2, 0.25) is 0 Å². The smallest absolute Gasteiger partial charge is 0.274 e. The molecule has 0 bridgehead atoms. The third kappa shape index (κ3) is 7.71. The van der Waals surface area contributed by atoms with Crippen LogP contribution in [0.4, 0.5) is 11.4 Å². The maximum absolute atomic E-state index is 13.1. The molecule has 0 fully saturated rings. The van der Waals surface area contributed by atoms with Gasteiger partial charge in [0.05, 0.1) is 14.2 Å². The van der Waals surface area contributed by atoms with E-state index >= 15 is 0 Å². The van der Waals surface area contributed by atoms with E-state index in [0.29, 0.717) is 29.3 Å². The molecule has 3 rings (SSSR count). The Morgan fingerprint density at radius 2 is 1.54 bits per heavy atom. The Bertz CT molecular complexity index is 1230.